The molecular weight excluding hydrogens is 346 g/mol. The number of benzene rings is 1. The Kier molecular flexibility index (Phi) is 5.25. The molecule has 4 rings (SSSR count). The lowest BCUT2D eigenvalue weighted by molar-refractivity contribution is -0.00920. The van der Waals surface area contributed by atoms with Crippen LogP contribution in [0.15, 0.2) is 24.4 Å². The summed E-state index contributed by atoms with van der Waals surface area (Å²) in [5.41, 5.74) is 3.49. The number of pyridine rings is 1. The first kappa shape index (κ1) is 17.9. The van der Waals surface area contributed by atoms with E-state index in [1.54, 1.807) is 7.11 Å². The number of thioether (sulfide) groups is 1. The number of aryl methyl sites for hydroxylation is 1. The third kappa shape index (κ3) is 3.26. The Balaban J connectivity index is 1.63. The van der Waals surface area contributed by atoms with Crippen molar-refractivity contribution in [3.63, 3.8) is 0 Å². The van der Waals surface area contributed by atoms with Crippen molar-refractivity contribution in [2.75, 3.05) is 56.8 Å². The first-order valence-electron chi connectivity index (χ1n) is 9.30. The zero-order chi connectivity index (χ0) is 18.0. The molecule has 0 spiro atoms. The third-order valence-corrected chi connectivity index (χ3v) is 6.86. The van der Waals surface area contributed by atoms with Crippen LogP contribution in [0.25, 0.3) is 10.9 Å². The number of morpholine rings is 1. The van der Waals surface area contributed by atoms with Crippen LogP contribution in [0.5, 0.6) is 5.75 Å². The first-order chi connectivity index (χ1) is 12.7. The summed E-state index contributed by atoms with van der Waals surface area (Å²) < 4.78 is 11.1. The molecule has 1 aromatic carbocycles. The van der Waals surface area contributed by atoms with Gasteiger partial charge in [-0.2, -0.15) is 11.8 Å². The molecule has 1 unspecified atom stereocenters. The molecule has 140 valence electrons. The maximum atomic E-state index is 5.58. The van der Waals surface area contributed by atoms with Crippen molar-refractivity contribution < 1.29 is 9.47 Å². The summed E-state index contributed by atoms with van der Waals surface area (Å²) in [6, 6.07) is 6.14. The SMILES string of the molecule is COc1cccc2c(NCC3(N4CCOCC4)CCSC3)c(C)cnc12. The lowest BCUT2D eigenvalue weighted by atomic mass is 9.95. The molecule has 2 saturated heterocycles. The molecule has 1 aromatic heterocycles. The van der Waals surface area contributed by atoms with Crippen LogP contribution < -0.4 is 10.1 Å². The molecule has 2 aliphatic heterocycles. The zero-order valence-corrected chi connectivity index (χ0v) is 16.4. The number of fused-ring (bicyclic) bond motifs is 1. The van der Waals surface area contributed by atoms with Crippen molar-refractivity contribution in [1.82, 2.24) is 9.88 Å². The molecule has 2 aliphatic rings. The van der Waals surface area contributed by atoms with Gasteiger partial charge < -0.3 is 14.8 Å². The maximum Gasteiger partial charge on any atom is 0.145 e. The van der Waals surface area contributed by atoms with Gasteiger partial charge in [0.2, 0.25) is 0 Å². The maximum absolute atomic E-state index is 5.58. The largest absolute Gasteiger partial charge is 0.494 e. The minimum absolute atomic E-state index is 0.218. The average molecular weight is 374 g/mol. The Morgan fingerprint density at radius 2 is 2.19 bits per heavy atom. The van der Waals surface area contributed by atoms with Crippen molar-refractivity contribution >= 4 is 28.4 Å². The van der Waals surface area contributed by atoms with Crippen molar-refractivity contribution in [3.8, 4) is 5.75 Å². The summed E-state index contributed by atoms with van der Waals surface area (Å²) in [6.45, 7) is 6.84. The molecule has 6 heteroatoms. The number of ether oxygens (including phenoxy) is 2. The Bertz CT molecular complexity index is 771. The molecule has 3 heterocycles. The topological polar surface area (TPSA) is 46.6 Å². The minimum Gasteiger partial charge on any atom is -0.494 e. The van der Waals surface area contributed by atoms with Crippen LogP contribution in [0.1, 0.15) is 12.0 Å². The van der Waals surface area contributed by atoms with Crippen LogP contribution in [0.4, 0.5) is 5.69 Å². The highest BCUT2D eigenvalue weighted by molar-refractivity contribution is 7.99. The summed E-state index contributed by atoms with van der Waals surface area (Å²) in [4.78, 5) is 7.24. The van der Waals surface area contributed by atoms with E-state index in [-0.39, 0.29) is 5.54 Å². The number of aromatic nitrogens is 1. The number of nitrogens with zero attached hydrogens (tertiary/aromatic N) is 2. The fraction of sp³-hybridized carbons (Fsp3) is 0.550. The number of rotatable bonds is 5. The van der Waals surface area contributed by atoms with Gasteiger partial charge in [0.15, 0.2) is 0 Å². The summed E-state index contributed by atoms with van der Waals surface area (Å²) in [5, 5.41) is 4.93. The minimum atomic E-state index is 0.218. The van der Waals surface area contributed by atoms with Crippen LogP contribution in [0.3, 0.4) is 0 Å². The highest BCUT2D eigenvalue weighted by Gasteiger charge is 2.40. The van der Waals surface area contributed by atoms with Gasteiger partial charge in [0.05, 0.1) is 20.3 Å². The van der Waals surface area contributed by atoms with E-state index in [2.05, 4.69) is 40.0 Å². The van der Waals surface area contributed by atoms with Crippen LogP contribution in [0, 0.1) is 6.92 Å². The van der Waals surface area contributed by atoms with Gasteiger partial charge in [-0.15, -0.1) is 0 Å². The number of hydrogen-bond donors (Lipinski definition) is 1. The molecule has 26 heavy (non-hydrogen) atoms. The van der Waals surface area contributed by atoms with E-state index in [0.717, 1.165) is 49.5 Å². The van der Waals surface area contributed by atoms with Crippen molar-refractivity contribution in [2.45, 2.75) is 18.9 Å². The highest BCUT2D eigenvalue weighted by atomic mass is 32.2. The molecule has 1 N–H and O–H groups in total. The van der Waals surface area contributed by atoms with E-state index in [1.165, 1.54) is 29.2 Å². The smallest absolute Gasteiger partial charge is 0.145 e. The molecule has 0 saturated carbocycles. The Morgan fingerprint density at radius 1 is 1.35 bits per heavy atom. The molecule has 1 atom stereocenters. The average Bonchev–Trinajstić information content (AvgIpc) is 3.17. The van der Waals surface area contributed by atoms with Gasteiger partial charge >= 0.3 is 0 Å². The molecule has 0 bridgehead atoms. The second-order valence-electron chi connectivity index (χ2n) is 7.15. The summed E-state index contributed by atoms with van der Waals surface area (Å²) in [5.74, 6) is 3.25. The third-order valence-electron chi connectivity index (χ3n) is 5.63. The first-order valence-corrected chi connectivity index (χ1v) is 10.5. The number of hydrogen-bond acceptors (Lipinski definition) is 6. The summed E-state index contributed by atoms with van der Waals surface area (Å²) >= 11 is 2.07. The molecule has 5 nitrogen and oxygen atoms in total. The number of nitrogens with one attached hydrogen (secondary N) is 1. The molecule has 2 aromatic rings. The van der Waals surface area contributed by atoms with Crippen LogP contribution >= 0.6 is 11.8 Å². The molecule has 0 aliphatic carbocycles. The van der Waals surface area contributed by atoms with Crippen LogP contribution in [-0.4, -0.2) is 66.9 Å². The molecule has 2 fully saturated rings. The van der Waals surface area contributed by atoms with E-state index >= 15 is 0 Å². The normalized spacial score (nSPS) is 24.1. The van der Waals surface area contributed by atoms with Gasteiger partial charge in [0.25, 0.3) is 0 Å². The van der Waals surface area contributed by atoms with Gasteiger partial charge in [-0.05, 0) is 30.7 Å². The van der Waals surface area contributed by atoms with Gasteiger partial charge in [-0.3, -0.25) is 9.88 Å². The van der Waals surface area contributed by atoms with Gasteiger partial charge in [0, 0.05) is 48.2 Å². The van der Waals surface area contributed by atoms with Crippen molar-refractivity contribution in [1.29, 1.82) is 0 Å². The summed E-state index contributed by atoms with van der Waals surface area (Å²) in [7, 11) is 1.70. The van der Waals surface area contributed by atoms with Crippen LogP contribution in [-0.2, 0) is 4.74 Å². The lowest BCUT2D eigenvalue weighted by Crippen LogP contribution is -2.57. The zero-order valence-electron chi connectivity index (χ0n) is 15.6. The Labute approximate surface area is 159 Å². The molecule has 0 amide bonds. The van der Waals surface area contributed by atoms with Crippen LogP contribution in [0.2, 0.25) is 0 Å². The van der Waals surface area contributed by atoms with Gasteiger partial charge in [-0.25, -0.2) is 0 Å². The number of para-hydroxylation sites is 1. The monoisotopic (exact) mass is 373 g/mol. The number of anilines is 1. The Morgan fingerprint density at radius 3 is 2.92 bits per heavy atom. The lowest BCUT2D eigenvalue weighted by Gasteiger charge is -2.43. The predicted molar refractivity (Wildman–Crippen MR) is 109 cm³/mol. The van der Waals surface area contributed by atoms with E-state index in [1.807, 2.05) is 18.3 Å². The van der Waals surface area contributed by atoms with Crippen molar-refractivity contribution in [3.05, 3.63) is 30.0 Å². The van der Waals surface area contributed by atoms with Gasteiger partial charge in [0.1, 0.15) is 11.3 Å². The van der Waals surface area contributed by atoms with Gasteiger partial charge in [-0.1, -0.05) is 12.1 Å². The van der Waals surface area contributed by atoms with E-state index in [4.69, 9.17) is 9.47 Å². The fourth-order valence-electron chi connectivity index (χ4n) is 4.08. The fourth-order valence-corrected chi connectivity index (χ4v) is 5.56. The predicted octanol–water partition coefficient (Wildman–Crippen LogP) is 3.17. The quantitative estimate of drug-likeness (QED) is 0.869. The summed E-state index contributed by atoms with van der Waals surface area (Å²) in [6.07, 6.45) is 3.17. The van der Waals surface area contributed by atoms with Crippen molar-refractivity contribution in [2.24, 2.45) is 0 Å². The Hall–Kier alpha value is -1.50. The van der Waals surface area contributed by atoms with E-state index in [0.29, 0.717) is 0 Å². The standard InChI is InChI=1S/C20H27N3O2S/c1-15-12-21-19-16(4-3-5-17(19)24-2)18(15)22-13-20(6-11-26-14-20)23-7-9-25-10-8-23/h3-5,12H,6-11,13-14H2,1-2H3,(H,21,22). The number of methoxy groups -OCH3 is 1. The van der Waals surface area contributed by atoms with E-state index in [9.17, 15) is 0 Å². The molecule has 0 radical (unpaired) electrons. The second kappa shape index (κ2) is 7.62. The van der Waals surface area contributed by atoms with E-state index < -0.39 is 0 Å². The highest BCUT2D eigenvalue weighted by Crippen LogP contribution is 2.36. The molecular formula is C20H27N3O2S. The second-order valence-corrected chi connectivity index (χ2v) is 8.26.